The molecule has 1 aliphatic rings. The second kappa shape index (κ2) is 7.93. The molecule has 0 saturated carbocycles. The Morgan fingerprint density at radius 1 is 1.32 bits per heavy atom. The Labute approximate surface area is 121 Å². The number of hydrogen-bond acceptors (Lipinski definition) is 3. The van der Waals surface area contributed by atoms with Gasteiger partial charge in [-0.25, -0.2) is 0 Å². The zero-order chi connectivity index (χ0) is 13.5. The molecule has 2 rings (SSSR count). The maximum atomic E-state index is 9.11. The van der Waals surface area contributed by atoms with Gasteiger partial charge in [0.15, 0.2) is 0 Å². The highest BCUT2D eigenvalue weighted by atomic mass is 32.2. The van der Waals surface area contributed by atoms with E-state index in [-0.39, 0.29) is 6.61 Å². The van der Waals surface area contributed by atoms with Gasteiger partial charge in [0.25, 0.3) is 0 Å². The van der Waals surface area contributed by atoms with Crippen molar-refractivity contribution < 1.29 is 5.11 Å². The second-order valence-electron chi connectivity index (χ2n) is 5.26. The third kappa shape index (κ3) is 4.51. The lowest BCUT2D eigenvalue weighted by Crippen LogP contribution is -2.32. The molecular weight excluding hydrogens is 254 g/mol. The molecule has 1 aromatic rings. The fraction of sp³-hybridized carbons (Fsp3) is 0.625. The summed E-state index contributed by atoms with van der Waals surface area (Å²) in [4.78, 5) is 1.38. The lowest BCUT2D eigenvalue weighted by atomic mass is 10.1. The Hall–Kier alpha value is -0.510. The van der Waals surface area contributed by atoms with E-state index in [9.17, 15) is 0 Å². The van der Waals surface area contributed by atoms with Crippen LogP contribution in [0.5, 0.6) is 0 Å². The SMILES string of the molecule is CCCNC(CCO)CSc1ccc2c(c1)CCC2. The Kier molecular flexibility index (Phi) is 6.21. The van der Waals surface area contributed by atoms with Crippen molar-refractivity contribution in [2.24, 2.45) is 0 Å². The predicted octanol–water partition coefficient (Wildman–Crippen LogP) is 3.02. The molecule has 19 heavy (non-hydrogen) atoms. The number of aryl methyl sites for hydroxylation is 2. The molecule has 1 aromatic carbocycles. The van der Waals surface area contributed by atoms with E-state index in [4.69, 9.17) is 5.11 Å². The number of benzene rings is 1. The summed E-state index contributed by atoms with van der Waals surface area (Å²) in [5.41, 5.74) is 3.09. The maximum Gasteiger partial charge on any atom is 0.0446 e. The summed E-state index contributed by atoms with van der Waals surface area (Å²) in [6, 6.07) is 7.33. The summed E-state index contributed by atoms with van der Waals surface area (Å²) in [6.07, 6.45) is 5.81. The molecule has 0 amide bonds. The first-order chi connectivity index (χ1) is 9.33. The smallest absolute Gasteiger partial charge is 0.0446 e. The van der Waals surface area contributed by atoms with Crippen LogP contribution in [-0.4, -0.2) is 30.1 Å². The van der Waals surface area contributed by atoms with Gasteiger partial charge in [0.2, 0.25) is 0 Å². The first-order valence-electron chi connectivity index (χ1n) is 7.42. The number of aliphatic hydroxyl groups is 1. The molecule has 0 aromatic heterocycles. The minimum absolute atomic E-state index is 0.270. The molecule has 106 valence electrons. The van der Waals surface area contributed by atoms with Crippen molar-refractivity contribution in [3.8, 4) is 0 Å². The molecule has 3 heteroatoms. The normalized spacial score (nSPS) is 15.5. The highest BCUT2D eigenvalue weighted by molar-refractivity contribution is 7.99. The second-order valence-corrected chi connectivity index (χ2v) is 6.35. The summed E-state index contributed by atoms with van der Waals surface area (Å²) in [6.45, 7) is 3.48. The zero-order valence-corrected chi connectivity index (χ0v) is 12.6. The van der Waals surface area contributed by atoms with Gasteiger partial charge in [0, 0.05) is 23.3 Å². The number of nitrogens with one attached hydrogen (secondary N) is 1. The number of rotatable bonds is 8. The number of aliphatic hydroxyl groups excluding tert-OH is 1. The molecule has 0 fully saturated rings. The van der Waals surface area contributed by atoms with Crippen LogP contribution >= 0.6 is 11.8 Å². The minimum Gasteiger partial charge on any atom is -0.396 e. The molecule has 2 nitrogen and oxygen atoms in total. The van der Waals surface area contributed by atoms with Crippen molar-refractivity contribution in [3.63, 3.8) is 0 Å². The van der Waals surface area contributed by atoms with Crippen molar-refractivity contribution in [1.82, 2.24) is 5.32 Å². The van der Waals surface area contributed by atoms with E-state index in [1.54, 1.807) is 11.1 Å². The van der Waals surface area contributed by atoms with Crippen LogP contribution in [0.15, 0.2) is 23.1 Å². The number of fused-ring (bicyclic) bond motifs is 1. The first kappa shape index (κ1) is 14.9. The zero-order valence-electron chi connectivity index (χ0n) is 11.8. The number of hydrogen-bond donors (Lipinski definition) is 2. The first-order valence-corrected chi connectivity index (χ1v) is 8.41. The molecule has 0 spiro atoms. The lowest BCUT2D eigenvalue weighted by molar-refractivity contribution is 0.270. The summed E-state index contributed by atoms with van der Waals surface area (Å²) < 4.78 is 0. The highest BCUT2D eigenvalue weighted by Crippen LogP contribution is 2.28. The van der Waals surface area contributed by atoms with E-state index in [0.717, 1.165) is 25.1 Å². The van der Waals surface area contributed by atoms with Gasteiger partial charge >= 0.3 is 0 Å². The van der Waals surface area contributed by atoms with Crippen LogP contribution in [0, 0.1) is 0 Å². The van der Waals surface area contributed by atoms with Crippen LogP contribution in [0.25, 0.3) is 0 Å². The van der Waals surface area contributed by atoms with Crippen LogP contribution in [0.2, 0.25) is 0 Å². The van der Waals surface area contributed by atoms with E-state index >= 15 is 0 Å². The van der Waals surface area contributed by atoms with Crippen molar-refractivity contribution in [1.29, 1.82) is 0 Å². The van der Waals surface area contributed by atoms with Crippen molar-refractivity contribution >= 4 is 11.8 Å². The molecule has 1 aliphatic carbocycles. The Morgan fingerprint density at radius 2 is 2.16 bits per heavy atom. The van der Waals surface area contributed by atoms with Gasteiger partial charge in [-0.2, -0.15) is 0 Å². The van der Waals surface area contributed by atoms with Crippen molar-refractivity contribution in [3.05, 3.63) is 29.3 Å². The van der Waals surface area contributed by atoms with E-state index in [1.165, 1.54) is 24.2 Å². The third-order valence-electron chi connectivity index (χ3n) is 3.68. The van der Waals surface area contributed by atoms with Crippen molar-refractivity contribution in [2.75, 3.05) is 18.9 Å². The van der Waals surface area contributed by atoms with Crippen LogP contribution in [0.3, 0.4) is 0 Å². The summed E-state index contributed by atoms with van der Waals surface area (Å²) in [5.74, 6) is 1.04. The molecular formula is C16H25NOS. The molecule has 0 aliphatic heterocycles. The maximum absolute atomic E-state index is 9.11. The van der Waals surface area contributed by atoms with Gasteiger partial charge in [-0.15, -0.1) is 11.8 Å². The van der Waals surface area contributed by atoms with Crippen LogP contribution in [-0.2, 0) is 12.8 Å². The van der Waals surface area contributed by atoms with Gasteiger partial charge in [0.1, 0.15) is 0 Å². The minimum atomic E-state index is 0.270. The summed E-state index contributed by atoms with van der Waals surface area (Å²) in [7, 11) is 0. The van der Waals surface area contributed by atoms with Gasteiger partial charge in [-0.1, -0.05) is 13.0 Å². The molecule has 1 unspecified atom stereocenters. The van der Waals surface area contributed by atoms with E-state index in [1.807, 2.05) is 11.8 Å². The summed E-state index contributed by atoms with van der Waals surface area (Å²) in [5, 5.41) is 12.6. The van der Waals surface area contributed by atoms with Crippen LogP contribution < -0.4 is 5.32 Å². The molecule has 0 saturated heterocycles. The van der Waals surface area contributed by atoms with Gasteiger partial charge in [-0.3, -0.25) is 0 Å². The third-order valence-corrected chi connectivity index (χ3v) is 4.84. The monoisotopic (exact) mass is 279 g/mol. The Balaban J connectivity index is 1.85. The Bertz CT molecular complexity index is 394. The lowest BCUT2D eigenvalue weighted by Gasteiger charge is -2.17. The standard InChI is InChI=1S/C16H25NOS/c1-2-9-17-15(8-10-18)12-19-16-7-6-13-4-3-5-14(13)11-16/h6-7,11,15,17-18H,2-5,8-10,12H2,1H3. The van der Waals surface area contributed by atoms with Crippen LogP contribution in [0.1, 0.15) is 37.3 Å². The van der Waals surface area contributed by atoms with Crippen molar-refractivity contribution in [2.45, 2.75) is 50.0 Å². The quantitative estimate of drug-likeness (QED) is 0.718. The fourth-order valence-electron chi connectivity index (χ4n) is 2.58. The summed E-state index contributed by atoms with van der Waals surface area (Å²) >= 11 is 1.91. The highest BCUT2D eigenvalue weighted by Gasteiger charge is 2.12. The molecule has 1 atom stereocenters. The molecule has 0 heterocycles. The van der Waals surface area contributed by atoms with Gasteiger partial charge < -0.3 is 10.4 Å². The molecule has 0 radical (unpaired) electrons. The van der Waals surface area contributed by atoms with E-state index in [0.29, 0.717) is 6.04 Å². The average Bonchev–Trinajstić information content (AvgIpc) is 2.89. The average molecular weight is 279 g/mol. The molecule has 2 N–H and O–H groups in total. The molecule has 0 bridgehead atoms. The van der Waals surface area contributed by atoms with Crippen LogP contribution in [0.4, 0.5) is 0 Å². The predicted molar refractivity (Wildman–Crippen MR) is 83.0 cm³/mol. The number of thioether (sulfide) groups is 1. The van der Waals surface area contributed by atoms with Gasteiger partial charge in [-0.05, 0) is 61.9 Å². The topological polar surface area (TPSA) is 32.3 Å². The van der Waals surface area contributed by atoms with E-state index < -0.39 is 0 Å². The fourth-order valence-corrected chi connectivity index (χ4v) is 3.65. The van der Waals surface area contributed by atoms with Gasteiger partial charge in [0.05, 0.1) is 0 Å². The largest absolute Gasteiger partial charge is 0.396 e. The Morgan fingerprint density at radius 3 is 2.95 bits per heavy atom. The van der Waals surface area contributed by atoms with E-state index in [2.05, 4.69) is 30.4 Å².